The van der Waals surface area contributed by atoms with Crippen molar-refractivity contribution in [2.45, 2.75) is 19.1 Å². The second-order valence-electron chi connectivity index (χ2n) is 5.57. The second-order valence-corrected chi connectivity index (χ2v) is 5.57. The Morgan fingerprint density at radius 2 is 2.30 bits per heavy atom. The Morgan fingerprint density at radius 1 is 1.45 bits per heavy atom. The summed E-state index contributed by atoms with van der Waals surface area (Å²) in [6.45, 7) is 3.62. The van der Waals surface area contributed by atoms with Crippen molar-refractivity contribution in [1.82, 2.24) is 4.90 Å². The average Bonchev–Trinajstić information content (AvgIpc) is 2.80. The van der Waals surface area contributed by atoms with Crippen molar-refractivity contribution in [2.75, 3.05) is 38.2 Å². The molecule has 1 fully saturated rings. The molecule has 1 N–H and O–H groups in total. The zero-order valence-corrected chi connectivity index (χ0v) is 11.7. The molecule has 0 amide bonds. The molecule has 0 aliphatic carbocycles. The summed E-state index contributed by atoms with van der Waals surface area (Å²) >= 11 is 0. The predicted octanol–water partition coefficient (Wildman–Crippen LogP) is 0.964. The molecule has 1 aromatic carbocycles. The summed E-state index contributed by atoms with van der Waals surface area (Å²) in [4.78, 5) is 15.4. The zero-order valence-electron chi connectivity index (χ0n) is 11.7. The van der Waals surface area contributed by atoms with Crippen molar-refractivity contribution < 1.29 is 14.6 Å². The van der Waals surface area contributed by atoms with Gasteiger partial charge in [0, 0.05) is 38.9 Å². The molecule has 0 spiro atoms. The van der Waals surface area contributed by atoms with Crippen molar-refractivity contribution in [2.24, 2.45) is 0 Å². The highest BCUT2D eigenvalue weighted by Gasteiger charge is 2.26. The molecule has 2 heterocycles. The highest BCUT2D eigenvalue weighted by Crippen LogP contribution is 2.27. The van der Waals surface area contributed by atoms with Crippen LogP contribution in [0.1, 0.15) is 11.1 Å². The van der Waals surface area contributed by atoms with E-state index in [-0.39, 0.29) is 0 Å². The Morgan fingerprint density at radius 3 is 3.10 bits per heavy atom. The van der Waals surface area contributed by atoms with E-state index in [1.165, 1.54) is 16.8 Å². The molecule has 108 valence electrons. The fourth-order valence-corrected chi connectivity index (χ4v) is 2.97. The normalized spacial score (nSPS) is 22.9. The van der Waals surface area contributed by atoms with Gasteiger partial charge in [-0.3, -0.25) is 4.90 Å². The summed E-state index contributed by atoms with van der Waals surface area (Å²) in [6.07, 6.45) is 0.407. The molecule has 5 heteroatoms. The Labute approximate surface area is 118 Å². The van der Waals surface area contributed by atoms with Gasteiger partial charge in [0.05, 0.1) is 6.61 Å². The maximum atomic E-state index is 11.0. The lowest BCUT2D eigenvalue weighted by Gasteiger charge is -2.30. The van der Waals surface area contributed by atoms with Crippen LogP contribution in [-0.2, 0) is 22.5 Å². The molecular formula is C15H20N2O3. The Bertz CT molecular complexity index is 518. The number of benzene rings is 1. The number of morpholine rings is 1. The van der Waals surface area contributed by atoms with Gasteiger partial charge in [-0.25, -0.2) is 4.79 Å². The minimum Gasteiger partial charge on any atom is -0.479 e. The summed E-state index contributed by atoms with van der Waals surface area (Å²) in [5.74, 6) is -0.870. The van der Waals surface area contributed by atoms with Crippen molar-refractivity contribution >= 4 is 11.7 Å². The number of rotatable bonds is 3. The Balaban J connectivity index is 1.67. The van der Waals surface area contributed by atoms with Crippen molar-refractivity contribution in [3.63, 3.8) is 0 Å². The molecule has 2 aliphatic rings. The molecule has 2 aliphatic heterocycles. The van der Waals surface area contributed by atoms with E-state index in [1.54, 1.807) is 0 Å². The summed E-state index contributed by atoms with van der Waals surface area (Å²) < 4.78 is 5.25. The number of fused-ring (bicyclic) bond motifs is 1. The Hall–Kier alpha value is -1.59. The number of aliphatic carboxylic acids is 1. The fourth-order valence-electron chi connectivity index (χ4n) is 2.97. The van der Waals surface area contributed by atoms with Crippen molar-refractivity contribution in [1.29, 1.82) is 0 Å². The number of hydrogen-bond acceptors (Lipinski definition) is 4. The second kappa shape index (κ2) is 5.42. The van der Waals surface area contributed by atoms with E-state index in [4.69, 9.17) is 9.84 Å². The molecule has 1 unspecified atom stereocenters. The first kappa shape index (κ1) is 13.4. The van der Waals surface area contributed by atoms with Gasteiger partial charge >= 0.3 is 5.97 Å². The van der Waals surface area contributed by atoms with Gasteiger partial charge in [-0.15, -0.1) is 0 Å². The molecule has 20 heavy (non-hydrogen) atoms. The lowest BCUT2D eigenvalue weighted by Crippen LogP contribution is -2.45. The first-order chi connectivity index (χ1) is 9.63. The minimum absolute atomic E-state index is 0.465. The van der Waals surface area contributed by atoms with Gasteiger partial charge in [0.25, 0.3) is 0 Å². The van der Waals surface area contributed by atoms with Gasteiger partial charge in [0.2, 0.25) is 0 Å². The molecular weight excluding hydrogens is 256 g/mol. The molecule has 1 aromatic rings. The van der Waals surface area contributed by atoms with E-state index in [1.807, 2.05) is 0 Å². The van der Waals surface area contributed by atoms with E-state index < -0.39 is 12.1 Å². The van der Waals surface area contributed by atoms with Crippen LogP contribution < -0.4 is 4.90 Å². The molecule has 5 nitrogen and oxygen atoms in total. The Kier molecular flexibility index (Phi) is 3.63. The number of nitrogens with zero attached hydrogens (tertiary/aromatic N) is 2. The van der Waals surface area contributed by atoms with E-state index in [2.05, 4.69) is 35.0 Å². The first-order valence-corrected chi connectivity index (χ1v) is 7.03. The number of carbonyl (C=O) groups is 1. The molecule has 3 rings (SSSR count). The lowest BCUT2D eigenvalue weighted by atomic mass is 10.1. The van der Waals surface area contributed by atoms with Crippen LogP contribution in [0, 0.1) is 0 Å². The molecule has 1 saturated heterocycles. The summed E-state index contributed by atoms with van der Waals surface area (Å²) in [6, 6.07) is 6.57. The fraction of sp³-hybridized carbons (Fsp3) is 0.533. The summed E-state index contributed by atoms with van der Waals surface area (Å²) in [7, 11) is 2.12. The van der Waals surface area contributed by atoms with Crippen molar-refractivity contribution in [3.8, 4) is 0 Å². The predicted molar refractivity (Wildman–Crippen MR) is 76.1 cm³/mol. The third-order valence-corrected chi connectivity index (χ3v) is 4.10. The standard InChI is InChI=1S/C15H20N2O3/c1-16-5-4-12-8-11(2-3-13(12)16)9-17-6-7-20-14(10-17)15(18)19/h2-3,8,14H,4-7,9-10H2,1H3,(H,18,19). The highest BCUT2D eigenvalue weighted by atomic mass is 16.5. The summed E-state index contributed by atoms with van der Waals surface area (Å²) in [5.41, 5.74) is 3.97. The van der Waals surface area contributed by atoms with Gasteiger partial charge in [0.1, 0.15) is 0 Å². The number of ether oxygens (including phenoxy) is 1. The smallest absolute Gasteiger partial charge is 0.334 e. The first-order valence-electron chi connectivity index (χ1n) is 7.03. The number of carboxylic acid groups (broad SMARTS) is 1. The van der Waals surface area contributed by atoms with Gasteiger partial charge in [-0.2, -0.15) is 0 Å². The van der Waals surface area contributed by atoms with Crippen molar-refractivity contribution in [3.05, 3.63) is 29.3 Å². The minimum atomic E-state index is -0.870. The average molecular weight is 276 g/mol. The molecule has 0 bridgehead atoms. The maximum Gasteiger partial charge on any atom is 0.334 e. The van der Waals surface area contributed by atoms with E-state index in [0.717, 1.165) is 26.1 Å². The van der Waals surface area contributed by atoms with E-state index in [0.29, 0.717) is 13.2 Å². The van der Waals surface area contributed by atoms with Gasteiger partial charge < -0.3 is 14.7 Å². The van der Waals surface area contributed by atoms with Crippen LogP contribution in [0.5, 0.6) is 0 Å². The third-order valence-electron chi connectivity index (χ3n) is 4.10. The number of carboxylic acids is 1. The molecule has 1 atom stereocenters. The SMILES string of the molecule is CN1CCc2cc(CN3CCOC(C(=O)O)C3)ccc21. The third kappa shape index (κ3) is 2.64. The summed E-state index contributed by atoms with van der Waals surface area (Å²) in [5, 5.41) is 9.02. The zero-order chi connectivity index (χ0) is 14.1. The van der Waals surface area contributed by atoms with Crippen LogP contribution in [0.3, 0.4) is 0 Å². The van der Waals surface area contributed by atoms with Crippen LogP contribution in [-0.4, -0.2) is 55.4 Å². The molecule has 0 aromatic heterocycles. The topological polar surface area (TPSA) is 53.0 Å². The number of anilines is 1. The van der Waals surface area contributed by atoms with Crippen LogP contribution in [0.25, 0.3) is 0 Å². The van der Waals surface area contributed by atoms with Crippen LogP contribution in [0.15, 0.2) is 18.2 Å². The van der Waals surface area contributed by atoms with E-state index >= 15 is 0 Å². The van der Waals surface area contributed by atoms with Gasteiger partial charge in [-0.05, 0) is 23.6 Å². The largest absolute Gasteiger partial charge is 0.479 e. The number of likely N-dealkylation sites (N-methyl/N-ethyl adjacent to an activating group) is 1. The van der Waals surface area contributed by atoms with Gasteiger partial charge in [0.15, 0.2) is 6.10 Å². The quantitative estimate of drug-likeness (QED) is 0.891. The maximum absolute atomic E-state index is 11.0. The number of hydrogen-bond donors (Lipinski definition) is 1. The van der Waals surface area contributed by atoms with Crippen LogP contribution in [0.2, 0.25) is 0 Å². The molecule has 0 radical (unpaired) electrons. The lowest BCUT2D eigenvalue weighted by molar-refractivity contribution is -0.156. The monoisotopic (exact) mass is 276 g/mol. The molecule has 0 saturated carbocycles. The van der Waals surface area contributed by atoms with Crippen LogP contribution in [0.4, 0.5) is 5.69 Å². The van der Waals surface area contributed by atoms with E-state index in [9.17, 15) is 4.79 Å². The van der Waals surface area contributed by atoms with Gasteiger partial charge in [-0.1, -0.05) is 12.1 Å². The highest BCUT2D eigenvalue weighted by molar-refractivity contribution is 5.72. The van der Waals surface area contributed by atoms with Crippen LogP contribution >= 0.6 is 0 Å².